The molecular weight excluding hydrogens is 897 g/mol. The van der Waals surface area contributed by atoms with Crippen molar-refractivity contribution >= 4 is 29.8 Å². The van der Waals surface area contributed by atoms with E-state index in [2.05, 4.69) is 32.6 Å². The summed E-state index contributed by atoms with van der Waals surface area (Å²) < 4.78 is 23.8. The summed E-state index contributed by atoms with van der Waals surface area (Å²) in [5, 5.41) is 9.37. The fourth-order valence-corrected chi connectivity index (χ4v) is 10.8. The smallest absolute Gasteiger partial charge is 0.305 e. The average molecular weight is 1010 g/mol. The number of hydrogen-bond acceptors (Lipinski definition) is 11. The fourth-order valence-electron chi connectivity index (χ4n) is 10.8. The van der Waals surface area contributed by atoms with E-state index in [1.165, 1.54) is 89.9 Å². The van der Waals surface area contributed by atoms with Gasteiger partial charge in [0.05, 0.1) is 19.8 Å². The fraction of sp³-hybridized carbons (Fsp3) is 0.915. The summed E-state index contributed by atoms with van der Waals surface area (Å²) in [4.78, 5) is 69.5. The molecule has 2 aliphatic rings. The Morgan fingerprint density at radius 3 is 1.55 bits per heavy atom. The van der Waals surface area contributed by atoms with Crippen LogP contribution in [0, 0.1) is 22.7 Å². The van der Waals surface area contributed by atoms with Crippen LogP contribution in [-0.2, 0) is 42.9 Å². The Morgan fingerprint density at radius 1 is 0.563 bits per heavy atom. The van der Waals surface area contributed by atoms with Gasteiger partial charge >= 0.3 is 23.9 Å². The second-order valence-electron chi connectivity index (χ2n) is 22.0. The van der Waals surface area contributed by atoms with Gasteiger partial charge in [-0.15, -0.1) is 0 Å². The van der Waals surface area contributed by atoms with Crippen LogP contribution >= 0.6 is 0 Å². The van der Waals surface area contributed by atoms with Crippen molar-refractivity contribution in [3.63, 3.8) is 0 Å². The van der Waals surface area contributed by atoms with E-state index in [0.29, 0.717) is 109 Å². The summed E-state index contributed by atoms with van der Waals surface area (Å²) in [5.41, 5.74) is -0.345. The molecule has 2 aliphatic heterocycles. The van der Waals surface area contributed by atoms with Crippen LogP contribution in [0.4, 0.5) is 0 Å². The lowest BCUT2D eigenvalue weighted by Crippen LogP contribution is -2.48. The number of cyclic esters (lactones) is 4. The van der Waals surface area contributed by atoms with Crippen molar-refractivity contribution in [2.45, 2.75) is 259 Å². The maximum Gasteiger partial charge on any atom is 0.305 e. The van der Waals surface area contributed by atoms with Crippen LogP contribution in [-0.4, -0.2) is 110 Å². The minimum absolute atomic E-state index is 0.0489. The van der Waals surface area contributed by atoms with Crippen molar-refractivity contribution in [3.8, 4) is 0 Å². The van der Waals surface area contributed by atoms with E-state index in [1.54, 1.807) is 0 Å². The van der Waals surface area contributed by atoms with Crippen LogP contribution < -0.4 is 0 Å². The van der Waals surface area contributed by atoms with Gasteiger partial charge in [0.1, 0.15) is 13.2 Å². The third-order valence-corrected chi connectivity index (χ3v) is 16.1. The van der Waals surface area contributed by atoms with Crippen molar-refractivity contribution in [1.29, 1.82) is 0 Å². The van der Waals surface area contributed by atoms with E-state index < -0.39 is 5.41 Å². The van der Waals surface area contributed by atoms with E-state index in [4.69, 9.17) is 18.9 Å². The van der Waals surface area contributed by atoms with Gasteiger partial charge in [-0.25, -0.2) is 0 Å². The van der Waals surface area contributed by atoms with Crippen molar-refractivity contribution in [1.82, 2.24) is 9.80 Å². The number of likely N-dealkylation sites (tertiary alicyclic amines) is 1. The van der Waals surface area contributed by atoms with E-state index in [0.717, 1.165) is 70.8 Å². The third-order valence-electron chi connectivity index (χ3n) is 16.1. The van der Waals surface area contributed by atoms with Crippen molar-refractivity contribution in [2.75, 3.05) is 65.8 Å². The molecule has 2 heterocycles. The van der Waals surface area contributed by atoms with Crippen molar-refractivity contribution in [3.05, 3.63) is 0 Å². The molecule has 0 aromatic carbocycles. The number of hydrogen-bond donors (Lipinski definition) is 1. The SMILES string of the molecule is CCCCCCCCC1CCCC(CC)(CCCCC)CCC(CCCCCC)COC(=O)CCCCCC(=O)OCC2(CCN(C(=O)CCN(CC)CCO)CC2)COC(=O)CCCCCC(=O)OC1. The second kappa shape index (κ2) is 40.6. The molecule has 0 saturated carbocycles. The number of rotatable bonds is 23. The number of ether oxygens (including phenoxy) is 4. The molecule has 0 radical (unpaired) electrons. The molecule has 2 rings (SSSR count). The van der Waals surface area contributed by atoms with Gasteiger partial charge in [-0.05, 0) is 107 Å². The summed E-state index contributed by atoms with van der Waals surface area (Å²) in [6.45, 7) is 15.2. The lowest BCUT2D eigenvalue weighted by atomic mass is 9.71. The maximum absolute atomic E-state index is 13.2. The van der Waals surface area contributed by atoms with E-state index >= 15 is 0 Å². The molecule has 2 saturated heterocycles. The Morgan fingerprint density at radius 2 is 1.04 bits per heavy atom. The molecule has 0 aromatic heterocycles. The van der Waals surface area contributed by atoms with Gasteiger partial charge in [0, 0.05) is 63.7 Å². The zero-order valence-electron chi connectivity index (χ0n) is 46.5. The van der Waals surface area contributed by atoms with Crippen molar-refractivity contribution < 1.29 is 48.0 Å². The second-order valence-corrected chi connectivity index (χ2v) is 22.0. The van der Waals surface area contributed by atoms with Crippen LogP contribution in [0.5, 0.6) is 0 Å². The van der Waals surface area contributed by atoms with Gasteiger partial charge in [0.15, 0.2) is 0 Å². The Kier molecular flexibility index (Phi) is 36.8. The molecule has 0 aromatic rings. The minimum Gasteiger partial charge on any atom is -0.465 e. The Balaban J connectivity index is 2.19. The number of likely N-dealkylation sites (N-methyl/N-ethyl adjacent to an activating group) is 1. The summed E-state index contributed by atoms with van der Waals surface area (Å²) >= 11 is 0. The summed E-state index contributed by atoms with van der Waals surface area (Å²) in [6, 6.07) is 0. The van der Waals surface area contributed by atoms with Crippen molar-refractivity contribution in [2.24, 2.45) is 22.7 Å². The number of aliphatic hydroxyl groups excluding tert-OH is 1. The van der Waals surface area contributed by atoms with E-state index in [-0.39, 0.29) is 67.9 Å². The molecule has 414 valence electrons. The lowest BCUT2D eigenvalue weighted by molar-refractivity contribution is -0.159. The van der Waals surface area contributed by atoms with Crippen LogP contribution in [0.1, 0.15) is 259 Å². The first kappa shape index (κ1) is 64.4. The molecule has 12 heteroatoms. The monoisotopic (exact) mass is 1000 g/mol. The van der Waals surface area contributed by atoms with Crippen LogP contribution in [0.3, 0.4) is 0 Å². The summed E-state index contributed by atoms with van der Waals surface area (Å²) in [5.74, 6) is -0.184. The number of carbonyl (C=O) groups is 5. The summed E-state index contributed by atoms with van der Waals surface area (Å²) in [7, 11) is 0. The molecular formula is C59H108N2O10. The van der Waals surface area contributed by atoms with Crippen LogP contribution in [0.15, 0.2) is 0 Å². The molecule has 0 aliphatic carbocycles. The molecule has 2 fully saturated rings. The number of unbranched alkanes of at least 4 members (excludes halogenated alkanes) is 10. The molecule has 1 amide bonds. The van der Waals surface area contributed by atoms with Gasteiger partial charge < -0.3 is 33.9 Å². The first-order valence-electron chi connectivity index (χ1n) is 29.7. The van der Waals surface area contributed by atoms with Gasteiger partial charge in [-0.2, -0.15) is 0 Å². The average Bonchev–Trinajstić information content (AvgIpc) is 3.37. The highest BCUT2D eigenvalue weighted by Crippen LogP contribution is 2.42. The number of esters is 4. The molecule has 1 N–H and O–H groups in total. The standard InChI is InChI=1S/C59H108N2O10/c1-6-11-14-16-17-21-28-51-30-27-38-58(9-4,37-26-13-8-3)39-35-52(29-20-15-12-7-2)48-69-55(65)32-23-19-25-34-57(67)71-50-59(49-70-56(66)33-24-18-22-31-54(64)68-47-51)40-43-61(44-41-59)53(63)36-42-60(10-5)45-46-62/h51-52,62H,6-50H2,1-5H3. The molecule has 0 bridgehead atoms. The zero-order valence-corrected chi connectivity index (χ0v) is 46.5. The van der Waals surface area contributed by atoms with Crippen LogP contribution in [0.25, 0.3) is 0 Å². The molecule has 12 nitrogen and oxygen atoms in total. The van der Waals surface area contributed by atoms with Gasteiger partial charge in [0.2, 0.25) is 5.91 Å². The number of piperidine rings is 1. The quantitative estimate of drug-likeness (QED) is 0.0592. The Bertz CT molecular complexity index is 1400. The zero-order chi connectivity index (χ0) is 51.8. The maximum atomic E-state index is 13.2. The number of amides is 1. The topological polar surface area (TPSA) is 149 Å². The number of carbonyl (C=O) groups excluding carboxylic acids is 5. The molecule has 1 spiro atoms. The summed E-state index contributed by atoms with van der Waals surface area (Å²) in [6.07, 6.45) is 32.7. The molecule has 3 atom stereocenters. The molecule has 71 heavy (non-hydrogen) atoms. The van der Waals surface area contributed by atoms with Gasteiger partial charge in [0.25, 0.3) is 0 Å². The number of nitrogens with zero attached hydrogens (tertiary/aromatic N) is 2. The normalized spacial score (nSPS) is 23.1. The lowest BCUT2D eigenvalue weighted by Gasteiger charge is -2.41. The first-order valence-corrected chi connectivity index (χ1v) is 29.7. The predicted molar refractivity (Wildman–Crippen MR) is 286 cm³/mol. The largest absolute Gasteiger partial charge is 0.465 e. The van der Waals surface area contributed by atoms with Gasteiger partial charge in [-0.1, -0.05) is 144 Å². The Labute approximate surface area is 433 Å². The first-order chi connectivity index (χ1) is 34.5. The minimum atomic E-state index is -0.602. The predicted octanol–water partition coefficient (Wildman–Crippen LogP) is 13.3. The highest BCUT2D eigenvalue weighted by atomic mass is 16.6. The molecule has 3 unspecified atom stereocenters. The van der Waals surface area contributed by atoms with Gasteiger partial charge in [-0.3, -0.25) is 24.0 Å². The third kappa shape index (κ3) is 30.3. The Hall–Kier alpha value is -2.73. The highest BCUT2D eigenvalue weighted by molar-refractivity contribution is 5.76. The van der Waals surface area contributed by atoms with E-state index in [9.17, 15) is 29.1 Å². The number of aliphatic hydroxyl groups is 1. The van der Waals surface area contributed by atoms with Crippen LogP contribution in [0.2, 0.25) is 0 Å². The highest BCUT2D eigenvalue weighted by Gasteiger charge is 2.39. The van der Waals surface area contributed by atoms with E-state index in [1.807, 2.05) is 11.8 Å².